The Labute approximate surface area is 143 Å². The van der Waals surface area contributed by atoms with E-state index in [1.165, 1.54) is 6.07 Å². The third-order valence-electron chi connectivity index (χ3n) is 4.17. The van der Waals surface area contributed by atoms with Crippen LogP contribution in [0.25, 0.3) is 0 Å². The number of nitrogens with zero attached hydrogens (tertiary/aromatic N) is 1. The first-order chi connectivity index (χ1) is 11.1. The minimum absolute atomic E-state index is 0.0262. The predicted octanol–water partition coefficient (Wildman–Crippen LogP) is 4.44. The van der Waals surface area contributed by atoms with E-state index in [2.05, 4.69) is 21.2 Å². The van der Waals surface area contributed by atoms with E-state index in [1.54, 1.807) is 12.1 Å². The summed E-state index contributed by atoms with van der Waals surface area (Å²) >= 11 is 3.37. The van der Waals surface area contributed by atoms with Crippen molar-refractivity contribution in [3.63, 3.8) is 0 Å². The Morgan fingerprint density at radius 1 is 1.09 bits per heavy atom. The van der Waals surface area contributed by atoms with Crippen molar-refractivity contribution in [3.05, 3.63) is 58.8 Å². The second-order valence-corrected chi connectivity index (χ2v) is 6.62. The maximum atomic E-state index is 13.8. The lowest BCUT2D eigenvalue weighted by atomic mass is 9.95. The molecule has 0 aromatic heterocycles. The Morgan fingerprint density at radius 3 is 2.39 bits per heavy atom. The lowest BCUT2D eigenvalue weighted by Gasteiger charge is -2.33. The molecule has 1 aliphatic heterocycles. The number of carbonyl (C=O) groups excluding carboxylic acids is 1. The second kappa shape index (κ2) is 7.13. The fourth-order valence-electron chi connectivity index (χ4n) is 2.87. The summed E-state index contributed by atoms with van der Waals surface area (Å²) in [6.07, 6.45) is 1.47. The fraction of sp³-hybridized carbons (Fsp3) is 0.278. The number of anilines is 2. The van der Waals surface area contributed by atoms with Crippen molar-refractivity contribution in [2.75, 3.05) is 23.3 Å². The molecule has 1 heterocycles. The van der Waals surface area contributed by atoms with E-state index in [0.29, 0.717) is 18.8 Å². The van der Waals surface area contributed by atoms with Crippen molar-refractivity contribution in [1.29, 1.82) is 0 Å². The van der Waals surface area contributed by atoms with Gasteiger partial charge in [-0.3, -0.25) is 4.79 Å². The largest absolute Gasteiger partial charge is 0.369 e. The van der Waals surface area contributed by atoms with Gasteiger partial charge in [0, 0.05) is 29.2 Å². The molecule has 0 unspecified atom stereocenters. The smallest absolute Gasteiger partial charge is 0.227 e. The molecule has 2 aromatic carbocycles. The third-order valence-corrected chi connectivity index (χ3v) is 4.70. The Kier molecular flexibility index (Phi) is 4.96. The van der Waals surface area contributed by atoms with E-state index in [4.69, 9.17) is 0 Å². The molecular formula is C18H18BrFN2O. The van der Waals surface area contributed by atoms with Crippen LogP contribution in [-0.4, -0.2) is 19.0 Å². The number of benzene rings is 2. The van der Waals surface area contributed by atoms with Gasteiger partial charge in [0.1, 0.15) is 5.82 Å². The second-order valence-electron chi connectivity index (χ2n) is 5.71. The molecule has 0 spiro atoms. The van der Waals surface area contributed by atoms with Crippen molar-refractivity contribution in [1.82, 2.24) is 0 Å². The standard InChI is InChI=1S/C18H18BrFN2O/c19-14-5-7-15(8-6-14)21-18(23)13-9-11-22(12-10-13)17-4-2-1-3-16(17)20/h1-8,13H,9-12H2,(H,21,23). The van der Waals surface area contributed by atoms with E-state index in [1.807, 2.05) is 35.2 Å². The van der Waals surface area contributed by atoms with Crippen molar-refractivity contribution in [3.8, 4) is 0 Å². The first-order valence-corrected chi connectivity index (χ1v) is 8.49. The molecule has 5 heteroatoms. The summed E-state index contributed by atoms with van der Waals surface area (Å²) < 4.78 is 14.8. The van der Waals surface area contributed by atoms with Crippen LogP contribution in [0, 0.1) is 11.7 Å². The highest BCUT2D eigenvalue weighted by Gasteiger charge is 2.26. The number of hydrogen-bond donors (Lipinski definition) is 1. The number of rotatable bonds is 3. The van der Waals surface area contributed by atoms with Crippen LogP contribution in [0.1, 0.15) is 12.8 Å². The van der Waals surface area contributed by atoms with Crippen LogP contribution in [-0.2, 0) is 4.79 Å². The zero-order valence-electron chi connectivity index (χ0n) is 12.6. The fourth-order valence-corrected chi connectivity index (χ4v) is 3.13. The average molecular weight is 377 g/mol. The number of carbonyl (C=O) groups is 1. The van der Waals surface area contributed by atoms with Crippen LogP contribution in [0.5, 0.6) is 0 Å². The molecule has 0 saturated carbocycles. The molecule has 1 amide bonds. The number of amides is 1. The van der Waals surface area contributed by atoms with Gasteiger partial charge in [-0.2, -0.15) is 0 Å². The lowest BCUT2D eigenvalue weighted by molar-refractivity contribution is -0.120. The molecule has 1 fully saturated rings. The topological polar surface area (TPSA) is 32.3 Å². The molecule has 0 aliphatic carbocycles. The molecule has 1 N–H and O–H groups in total. The van der Waals surface area contributed by atoms with E-state index in [-0.39, 0.29) is 17.6 Å². The number of halogens is 2. The van der Waals surface area contributed by atoms with Gasteiger partial charge < -0.3 is 10.2 Å². The third kappa shape index (κ3) is 3.91. The quantitative estimate of drug-likeness (QED) is 0.858. The van der Waals surface area contributed by atoms with Gasteiger partial charge in [0.25, 0.3) is 0 Å². The summed E-state index contributed by atoms with van der Waals surface area (Å²) in [6, 6.07) is 14.3. The molecule has 120 valence electrons. The molecule has 3 nitrogen and oxygen atoms in total. The maximum absolute atomic E-state index is 13.8. The summed E-state index contributed by atoms with van der Waals surface area (Å²) in [4.78, 5) is 14.4. The summed E-state index contributed by atoms with van der Waals surface area (Å²) in [7, 11) is 0. The molecular weight excluding hydrogens is 359 g/mol. The normalized spacial score (nSPS) is 15.5. The Balaban J connectivity index is 1.57. The predicted molar refractivity (Wildman–Crippen MR) is 94.1 cm³/mol. The van der Waals surface area contributed by atoms with Crippen LogP contribution >= 0.6 is 15.9 Å². The summed E-state index contributed by atoms with van der Waals surface area (Å²) in [5.74, 6) is -0.188. The van der Waals surface area contributed by atoms with Gasteiger partial charge in [-0.05, 0) is 49.2 Å². The van der Waals surface area contributed by atoms with Crippen molar-refractivity contribution >= 4 is 33.2 Å². The Morgan fingerprint density at radius 2 is 1.74 bits per heavy atom. The highest BCUT2D eigenvalue weighted by molar-refractivity contribution is 9.10. The van der Waals surface area contributed by atoms with E-state index >= 15 is 0 Å². The van der Waals surface area contributed by atoms with Crippen molar-refractivity contribution in [2.24, 2.45) is 5.92 Å². The zero-order chi connectivity index (χ0) is 16.2. The van der Waals surface area contributed by atoms with E-state index < -0.39 is 0 Å². The van der Waals surface area contributed by atoms with Crippen LogP contribution < -0.4 is 10.2 Å². The number of piperidine rings is 1. The van der Waals surface area contributed by atoms with Crippen molar-refractivity contribution in [2.45, 2.75) is 12.8 Å². The van der Waals surface area contributed by atoms with Crippen LogP contribution in [0.2, 0.25) is 0 Å². The van der Waals surface area contributed by atoms with Gasteiger partial charge in [0.15, 0.2) is 0 Å². The monoisotopic (exact) mass is 376 g/mol. The Hall–Kier alpha value is -1.88. The number of nitrogens with one attached hydrogen (secondary N) is 1. The van der Waals surface area contributed by atoms with Gasteiger partial charge in [0.2, 0.25) is 5.91 Å². The minimum Gasteiger partial charge on any atom is -0.369 e. The summed E-state index contributed by atoms with van der Waals surface area (Å²) in [6.45, 7) is 1.39. The highest BCUT2D eigenvalue weighted by Crippen LogP contribution is 2.26. The number of hydrogen-bond acceptors (Lipinski definition) is 2. The molecule has 23 heavy (non-hydrogen) atoms. The minimum atomic E-state index is -0.203. The van der Waals surface area contributed by atoms with Gasteiger partial charge in [-0.25, -0.2) is 4.39 Å². The molecule has 0 atom stereocenters. The summed E-state index contributed by atoms with van der Waals surface area (Å²) in [5.41, 5.74) is 1.43. The van der Waals surface area contributed by atoms with E-state index in [0.717, 1.165) is 23.0 Å². The van der Waals surface area contributed by atoms with Gasteiger partial charge in [-0.1, -0.05) is 28.1 Å². The molecule has 0 bridgehead atoms. The van der Waals surface area contributed by atoms with Crippen LogP contribution in [0.15, 0.2) is 53.0 Å². The van der Waals surface area contributed by atoms with Crippen LogP contribution in [0.4, 0.5) is 15.8 Å². The zero-order valence-corrected chi connectivity index (χ0v) is 14.2. The molecule has 3 rings (SSSR count). The summed E-state index contributed by atoms with van der Waals surface area (Å²) in [5, 5.41) is 2.95. The van der Waals surface area contributed by atoms with Crippen LogP contribution in [0.3, 0.4) is 0 Å². The average Bonchev–Trinajstić information content (AvgIpc) is 2.57. The number of para-hydroxylation sites is 1. The molecule has 1 aliphatic rings. The van der Waals surface area contributed by atoms with Gasteiger partial charge >= 0.3 is 0 Å². The highest BCUT2D eigenvalue weighted by atomic mass is 79.9. The molecule has 0 radical (unpaired) electrons. The molecule has 1 saturated heterocycles. The van der Waals surface area contributed by atoms with E-state index in [9.17, 15) is 9.18 Å². The maximum Gasteiger partial charge on any atom is 0.227 e. The molecule has 2 aromatic rings. The van der Waals surface area contributed by atoms with Gasteiger partial charge in [0.05, 0.1) is 5.69 Å². The lowest BCUT2D eigenvalue weighted by Crippen LogP contribution is -2.38. The Bertz CT molecular complexity index is 682. The van der Waals surface area contributed by atoms with Gasteiger partial charge in [-0.15, -0.1) is 0 Å². The SMILES string of the molecule is O=C(Nc1ccc(Br)cc1)C1CCN(c2ccccc2F)CC1. The first kappa shape index (κ1) is 16.0. The van der Waals surface area contributed by atoms with Crippen molar-refractivity contribution < 1.29 is 9.18 Å². The first-order valence-electron chi connectivity index (χ1n) is 7.69.